The van der Waals surface area contributed by atoms with Gasteiger partial charge in [0.25, 0.3) is 0 Å². The van der Waals surface area contributed by atoms with Gasteiger partial charge in [-0.1, -0.05) is 84.9 Å². The van der Waals surface area contributed by atoms with E-state index < -0.39 is 0 Å². The Balaban J connectivity index is 1.26. The molecule has 6 aromatic carbocycles. The maximum absolute atomic E-state index is 6.75. The Labute approximate surface area is 264 Å². The number of para-hydroxylation sites is 6. The number of nitrogens with zero attached hydrogens (tertiary/aromatic N) is 3. The van der Waals surface area contributed by atoms with Crippen LogP contribution in [0.2, 0.25) is 0 Å². The predicted octanol–water partition coefficient (Wildman–Crippen LogP) is 10.7. The van der Waals surface area contributed by atoms with E-state index in [2.05, 4.69) is 165 Å². The van der Waals surface area contributed by atoms with Gasteiger partial charge in [0.15, 0.2) is 0 Å². The van der Waals surface area contributed by atoms with Crippen LogP contribution in [-0.2, 0) is 0 Å². The molecule has 1 unspecified atom stereocenters. The Bertz CT molecular complexity index is 2690. The number of furan rings is 1. The van der Waals surface area contributed by atoms with Gasteiger partial charge in [-0.3, -0.25) is 4.90 Å². The van der Waals surface area contributed by atoms with Gasteiger partial charge in [-0.25, -0.2) is 0 Å². The molecule has 46 heavy (non-hydrogen) atoms. The summed E-state index contributed by atoms with van der Waals surface area (Å²) in [6.45, 7) is 0. The number of anilines is 3. The summed E-state index contributed by atoms with van der Waals surface area (Å²) in [5, 5.41) is 8.67. The lowest BCUT2D eigenvalue weighted by Crippen LogP contribution is -2.27. The molecular weight excluding hydrogens is 564 g/mol. The second-order valence-corrected chi connectivity index (χ2v) is 12.2. The van der Waals surface area contributed by atoms with Crippen molar-refractivity contribution < 1.29 is 4.42 Å². The van der Waals surface area contributed by atoms with Crippen LogP contribution in [0.3, 0.4) is 0 Å². The average molecular weight is 591 g/mol. The highest BCUT2D eigenvalue weighted by atomic mass is 16.4. The molecule has 0 bridgehead atoms. The number of rotatable bonds is 2. The molecule has 0 aliphatic carbocycles. The Morgan fingerprint density at radius 2 is 1.20 bits per heavy atom. The molecule has 0 spiro atoms. The lowest BCUT2D eigenvalue weighted by Gasteiger charge is -2.31. The van der Waals surface area contributed by atoms with Crippen molar-refractivity contribution in [2.75, 3.05) is 10.2 Å². The third-order valence-corrected chi connectivity index (χ3v) is 9.86. The van der Waals surface area contributed by atoms with Gasteiger partial charge in [-0.05, 0) is 60.7 Å². The molecule has 3 aromatic heterocycles. The van der Waals surface area contributed by atoms with Crippen molar-refractivity contribution >= 4 is 60.9 Å². The molecule has 0 saturated heterocycles. The van der Waals surface area contributed by atoms with Gasteiger partial charge in [-0.2, -0.15) is 0 Å². The first-order valence-corrected chi connectivity index (χ1v) is 15.7. The third kappa shape index (κ3) is 2.99. The van der Waals surface area contributed by atoms with E-state index in [-0.39, 0.29) is 6.17 Å². The van der Waals surface area contributed by atoms with Crippen LogP contribution in [0.1, 0.15) is 11.7 Å². The topological polar surface area (TPSA) is 38.3 Å². The van der Waals surface area contributed by atoms with E-state index in [1.54, 1.807) is 0 Å². The first-order valence-electron chi connectivity index (χ1n) is 15.7. The fourth-order valence-corrected chi connectivity index (χ4v) is 8.03. The molecule has 11 rings (SSSR count). The summed E-state index contributed by atoms with van der Waals surface area (Å²) in [4.78, 5) is 2.35. The molecule has 2 aliphatic rings. The average Bonchev–Trinajstić information content (AvgIpc) is 3.86. The fraction of sp³-hybridized carbons (Fsp3) is 0.0244. The summed E-state index contributed by atoms with van der Waals surface area (Å²) in [6.07, 6.45) is -0.102. The lowest BCUT2D eigenvalue weighted by atomic mass is 9.97. The highest BCUT2D eigenvalue weighted by Gasteiger charge is 2.44. The zero-order chi connectivity index (χ0) is 29.9. The van der Waals surface area contributed by atoms with E-state index in [1.807, 2.05) is 0 Å². The van der Waals surface area contributed by atoms with Crippen molar-refractivity contribution in [3.8, 4) is 22.6 Å². The van der Waals surface area contributed by atoms with Crippen LogP contribution in [0, 0.1) is 0 Å². The largest absolute Gasteiger partial charge is 0.439 e. The van der Waals surface area contributed by atoms with Gasteiger partial charge in [0.05, 0.1) is 39.2 Å². The summed E-state index contributed by atoms with van der Waals surface area (Å²) in [7, 11) is 0. The second-order valence-electron chi connectivity index (χ2n) is 12.2. The van der Waals surface area contributed by atoms with E-state index in [0.717, 1.165) is 45.2 Å². The van der Waals surface area contributed by atoms with Crippen LogP contribution in [0.25, 0.3) is 66.3 Å². The summed E-state index contributed by atoms with van der Waals surface area (Å²) < 4.78 is 11.6. The van der Waals surface area contributed by atoms with Crippen molar-refractivity contribution in [1.29, 1.82) is 0 Å². The Morgan fingerprint density at radius 3 is 2.07 bits per heavy atom. The highest BCUT2D eigenvalue weighted by Crippen LogP contribution is 2.59. The van der Waals surface area contributed by atoms with Gasteiger partial charge in [-0.15, -0.1) is 0 Å². The summed E-state index contributed by atoms with van der Waals surface area (Å²) >= 11 is 0. The molecule has 0 fully saturated rings. The molecule has 216 valence electrons. The van der Waals surface area contributed by atoms with Crippen LogP contribution in [0.4, 0.5) is 17.3 Å². The van der Waals surface area contributed by atoms with Gasteiger partial charge in [0.1, 0.15) is 11.7 Å². The lowest BCUT2D eigenvalue weighted by molar-refractivity contribution is 0.590. The standard InChI is InChI=1S/C41H26N4O/c1-2-12-25(13-3-1)43-32-18-8-4-14-27(32)30-24-26(22-23-34(30)43)44-33-19-9-5-15-28(33)37-39(44)38-29-16-6-11-21-36(29)46-41(38)45-35-20-10-7-17-31(35)42-40(37)45/h1-24,40,42H. The van der Waals surface area contributed by atoms with Crippen molar-refractivity contribution in [3.63, 3.8) is 0 Å². The van der Waals surface area contributed by atoms with Crippen molar-refractivity contribution in [1.82, 2.24) is 9.13 Å². The minimum Gasteiger partial charge on any atom is -0.439 e. The van der Waals surface area contributed by atoms with Crippen LogP contribution in [-0.4, -0.2) is 9.13 Å². The molecule has 5 nitrogen and oxygen atoms in total. The summed E-state index contributed by atoms with van der Waals surface area (Å²) in [5.74, 6) is 0.877. The number of nitrogens with one attached hydrogen (secondary N) is 1. The van der Waals surface area contributed by atoms with E-state index in [0.29, 0.717) is 0 Å². The molecule has 9 aromatic rings. The SMILES string of the molecule is c1ccc(-n2c3ccccc3c3cc(-n4c5c(c6ccccc64)C4Nc6ccccc6N4c4oc6ccccc6c4-5)ccc32)cc1. The van der Waals surface area contributed by atoms with Crippen molar-refractivity contribution in [2.24, 2.45) is 0 Å². The maximum Gasteiger partial charge on any atom is 0.212 e. The van der Waals surface area contributed by atoms with Crippen LogP contribution >= 0.6 is 0 Å². The first kappa shape index (κ1) is 24.2. The number of benzene rings is 6. The summed E-state index contributed by atoms with van der Waals surface area (Å²) in [5.41, 5.74) is 12.5. The number of aromatic nitrogens is 2. The van der Waals surface area contributed by atoms with E-state index in [4.69, 9.17) is 4.42 Å². The van der Waals surface area contributed by atoms with Crippen molar-refractivity contribution in [3.05, 3.63) is 151 Å². The third-order valence-electron chi connectivity index (χ3n) is 9.86. The second kappa shape index (κ2) is 8.71. The van der Waals surface area contributed by atoms with E-state index >= 15 is 0 Å². The minimum atomic E-state index is -0.102. The number of hydrogen-bond acceptors (Lipinski definition) is 3. The Hall–Kier alpha value is -6.20. The van der Waals surface area contributed by atoms with E-state index in [9.17, 15) is 0 Å². The number of fused-ring (bicyclic) bond motifs is 15. The Morgan fingerprint density at radius 1 is 0.522 bits per heavy atom. The number of hydrogen-bond donors (Lipinski definition) is 1. The molecule has 1 N–H and O–H groups in total. The molecule has 2 aliphatic heterocycles. The van der Waals surface area contributed by atoms with Gasteiger partial charge < -0.3 is 18.9 Å². The highest BCUT2D eigenvalue weighted by molar-refractivity contribution is 6.12. The maximum atomic E-state index is 6.75. The molecule has 0 radical (unpaired) electrons. The van der Waals surface area contributed by atoms with Crippen LogP contribution in [0.15, 0.2) is 150 Å². The van der Waals surface area contributed by atoms with Gasteiger partial charge >= 0.3 is 0 Å². The molecule has 1 atom stereocenters. The molecule has 5 heteroatoms. The monoisotopic (exact) mass is 590 g/mol. The molecule has 0 amide bonds. The fourth-order valence-electron chi connectivity index (χ4n) is 8.03. The zero-order valence-corrected chi connectivity index (χ0v) is 24.7. The predicted molar refractivity (Wildman–Crippen MR) is 188 cm³/mol. The first-order chi connectivity index (χ1) is 22.8. The quantitative estimate of drug-likeness (QED) is 0.218. The van der Waals surface area contributed by atoms with E-state index in [1.165, 1.54) is 44.0 Å². The molecule has 5 heterocycles. The normalized spacial score (nSPS) is 14.9. The molecule has 0 saturated carbocycles. The van der Waals surface area contributed by atoms with Crippen molar-refractivity contribution in [2.45, 2.75) is 6.17 Å². The van der Waals surface area contributed by atoms with Gasteiger partial charge in [0, 0.05) is 38.5 Å². The van der Waals surface area contributed by atoms with Crippen LogP contribution < -0.4 is 10.2 Å². The van der Waals surface area contributed by atoms with Crippen LogP contribution in [0.5, 0.6) is 0 Å². The zero-order valence-electron chi connectivity index (χ0n) is 24.7. The Kier molecular flexibility index (Phi) is 4.57. The van der Waals surface area contributed by atoms with Gasteiger partial charge in [0.2, 0.25) is 5.88 Å². The minimum absolute atomic E-state index is 0.102. The summed E-state index contributed by atoms with van der Waals surface area (Å²) in [6, 6.07) is 52.1. The molecular formula is C41H26N4O. The smallest absolute Gasteiger partial charge is 0.212 e.